The molecule has 0 radical (unpaired) electrons. The lowest BCUT2D eigenvalue weighted by Crippen LogP contribution is -2.61. The molecule has 0 aromatic heterocycles. The molecule has 21 heavy (non-hydrogen) atoms. The number of hydrogen-bond acceptors (Lipinski definition) is 1. The maximum atomic E-state index is 12.4. The van der Waals surface area contributed by atoms with Gasteiger partial charge in [0, 0.05) is 19.0 Å². The van der Waals surface area contributed by atoms with Crippen LogP contribution in [0.2, 0.25) is 0 Å². The summed E-state index contributed by atoms with van der Waals surface area (Å²) < 4.78 is 0. The second kappa shape index (κ2) is 6.71. The first-order valence-corrected chi connectivity index (χ1v) is 9.53. The Morgan fingerprint density at radius 2 is 1.48 bits per heavy atom. The zero-order valence-corrected chi connectivity index (χ0v) is 14.0. The molecular formula is C19H33NO. The average Bonchev–Trinajstić information content (AvgIpc) is 2.51. The average molecular weight is 291 g/mol. The summed E-state index contributed by atoms with van der Waals surface area (Å²) in [5.41, 5.74) is 0. The van der Waals surface area contributed by atoms with Crippen LogP contribution in [0.5, 0.6) is 0 Å². The van der Waals surface area contributed by atoms with Crippen molar-refractivity contribution in [3.8, 4) is 0 Å². The van der Waals surface area contributed by atoms with Crippen LogP contribution in [-0.4, -0.2) is 22.9 Å². The van der Waals surface area contributed by atoms with Crippen molar-refractivity contribution in [2.75, 3.05) is 0 Å². The van der Waals surface area contributed by atoms with Crippen molar-refractivity contribution in [1.82, 2.24) is 4.90 Å². The molecular weight excluding hydrogens is 258 g/mol. The lowest BCUT2D eigenvalue weighted by Gasteiger charge is -2.57. The Morgan fingerprint density at radius 3 is 1.95 bits per heavy atom. The molecule has 3 fully saturated rings. The van der Waals surface area contributed by atoms with Gasteiger partial charge in [0.25, 0.3) is 0 Å². The van der Waals surface area contributed by atoms with Gasteiger partial charge < -0.3 is 4.90 Å². The summed E-state index contributed by atoms with van der Waals surface area (Å²) in [6, 6.07) is 1.16. The fourth-order valence-electron chi connectivity index (χ4n) is 5.87. The third kappa shape index (κ3) is 2.87. The second-order valence-electron chi connectivity index (χ2n) is 7.76. The fraction of sp³-hybridized carbons (Fsp3) is 0.947. The number of piperidine rings is 1. The first-order valence-electron chi connectivity index (χ1n) is 9.53. The maximum Gasteiger partial charge on any atom is 0.219 e. The number of carbonyl (C=O) groups is 1. The Kier molecular flexibility index (Phi) is 4.91. The molecule has 0 spiro atoms. The largest absolute Gasteiger partial charge is 0.336 e. The lowest BCUT2D eigenvalue weighted by molar-refractivity contribution is -0.150. The van der Waals surface area contributed by atoms with Gasteiger partial charge in [0.2, 0.25) is 5.91 Å². The van der Waals surface area contributed by atoms with Crippen LogP contribution in [0.1, 0.15) is 84.5 Å². The first kappa shape index (κ1) is 15.4. The first-order chi connectivity index (χ1) is 10.2. The van der Waals surface area contributed by atoms with Crippen molar-refractivity contribution in [3.05, 3.63) is 0 Å². The molecule has 1 saturated heterocycles. The number of fused-ring (bicyclic) bond motifs is 2. The van der Waals surface area contributed by atoms with Crippen LogP contribution in [0.4, 0.5) is 0 Å². The van der Waals surface area contributed by atoms with E-state index in [1.807, 2.05) is 6.92 Å². The van der Waals surface area contributed by atoms with Crippen LogP contribution < -0.4 is 0 Å². The molecule has 4 unspecified atom stereocenters. The van der Waals surface area contributed by atoms with Gasteiger partial charge in [-0.05, 0) is 49.9 Å². The highest BCUT2D eigenvalue weighted by Crippen LogP contribution is 2.50. The predicted octanol–water partition coefficient (Wildman–Crippen LogP) is 4.77. The van der Waals surface area contributed by atoms with Crippen LogP contribution in [-0.2, 0) is 4.79 Å². The Morgan fingerprint density at radius 1 is 0.952 bits per heavy atom. The highest BCUT2D eigenvalue weighted by atomic mass is 16.2. The predicted molar refractivity (Wildman–Crippen MR) is 87.0 cm³/mol. The minimum Gasteiger partial charge on any atom is -0.336 e. The molecule has 2 aliphatic carbocycles. The molecule has 3 rings (SSSR count). The molecule has 4 atom stereocenters. The smallest absolute Gasteiger partial charge is 0.219 e. The highest BCUT2D eigenvalue weighted by Gasteiger charge is 2.50. The van der Waals surface area contributed by atoms with Crippen molar-refractivity contribution in [1.29, 1.82) is 0 Å². The van der Waals surface area contributed by atoms with E-state index in [2.05, 4.69) is 11.8 Å². The minimum absolute atomic E-state index is 0.359. The molecule has 0 aromatic carbocycles. The molecule has 0 aromatic rings. The van der Waals surface area contributed by atoms with Crippen molar-refractivity contribution in [3.63, 3.8) is 0 Å². The van der Waals surface area contributed by atoms with E-state index in [0.29, 0.717) is 18.0 Å². The molecule has 1 heterocycles. The summed E-state index contributed by atoms with van der Waals surface area (Å²) in [5, 5.41) is 0. The van der Waals surface area contributed by atoms with E-state index >= 15 is 0 Å². The Hall–Kier alpha value is -0.530. The number of rotatable bonds is 3. The Balaban J connectivity index is 1.87. The summed E-state index contributed by atoms with van der Waals surface area (Å²) in [4.78, 5) is 14.7. The fourth-order valence-corrected chi connectivity index (χ4v) is 5.87. The molecule has 0 N–H and O–H groups in total. The highest BCUT2D eigenvalue weighted by molar-refractivity contribution is 5.74. The topological polar surface area (TPSA) is 20.3 Å². The zero-order valence-electron chi connectivity index (χ0n) is 14.0. The second-order valence-corrected chi connectivity index (χ2v) is 7.76. The van der Waals surface area contributed by atoms with Gasteiger partial charge in [0.15, 0.2) is 0 Å². The van der Waals surface area contributed by atoms with Gasteiger partial charge in [-0.15, -0.1) is 0 Å². The van der Waals surface area contributed by atoms with Gasteiger partial charge >= 0.3 is 0 Å². The summed E-state index contributed by atoms with van der Waals surface area (Å²) >= 11 is 0. The summed E-state index contributed by atoms with van der Waals surface area (Å²) in [6.45, 7) is 4.14. The molecule has 0 bridgehead atoms. The summed E-state index contributed by atoms with van der Waals surface area (Å²) in [5.74, 6) is 2.90. The van der Waals surface area contributed by atoms with Crippen molar-refractivity contribution in [2.24, 2.45) is 17.8 Å². The number of nitrogens with zero attached hydrogens (tertiary/aromatic N) is 1. The third-order valence-electron chi connectivity index (χ3n) is 6.63. The van der Waals surface area contributed by atoms with E-state index in [1.165, 1.54) is 70.6 Å². The monoisotopic (exact) mass is 291 g/mol. The third-order valence-corrected chi connectivity index (χ3v) is 6.63. The summed E-state index contributed by atoms with van der Waals surface area (Å²) in [6.07, 6.45) is 14.9. The standard InChI is InChI=1S/C19H33NO/c1-3-4-9-15-16-10-5-7-12-18(16)20(14(2)21)19-13-8-6-11-17(15)19/h15-19H,3-13H2,1-2H3. The number of hydrogen-bond donors (Lipinski definition) is 0. The van der Waals surface area contributed by atoms with Crippen LogP contribution in [0.3, 0.4) is 0 Å². The van der Waals surface area contributed by atoms with Crippen molar-refractivity contribution >= 4 is 5.91 Å². The molecule has 120 valence electrons. The summed E-state index contributed by atoms with van der Waals surface area (Å²) in [7, 11) is 0. The normalized spacial score (nSPS) is 39.5. The van der Waals surface area contributed by atoms with E-state index in [1.54, 1.807) is 0 Å². The Bertz CT molecular complexity index is 343. The van der Waals surface area contributed by atoms with Gasteiger partial charge in [-0.25, -0.2) is 0 Å². The number of amides is 1. The van der Waals surface area contributed by atoms with Crippen LogP contribution in [0, 0.1) is 17.8 Å². The van der Waals surface area contributed by atoms with Crippen molar-refractivity contribution < 1.29 is 4.79 Å². The van der Waals surface area contributed by atoms with Crippen LogP contribution in [0.25, 0.3) is 0 Å². The van der Waals surface area contributed by atoms with E-state index in [-0.39, 0.29) is 0 Å². The van der Waals surface area contributed by atoms with Gasteiger partial charge in [0.1, 0.15) is 0 Å². The quantitative estimate of drug-likeness (QED) is 0.733. The van der Waals surface area contributed by atoms with E-state index < -0.39 is 0 Å². The van der Waals surface area contributed by atoms with Gasteiger partial charge in [-0.2, -0.15) is 0 Å². The van der Waals surface area contributed by atoms with Crippen LogP contribution >= 0.6 is 0 Å². The molecule has 3 aliphatic rings. The maximum absolute atomic E-state index is 12.4. The minimum atomic E-state index is 0.359. The number of carbonyl (C=O) groups excluding carboxylic acids is 1. The molecule has 2 nitrogen and oxygen atoms in total. The molecule has 2 saturated carbocycles. The lowest BCUT2D eigenvalue weighted by atomic mass is 9.60. The van der Waals surface area contributed by atoms with E-state index in [4.69, 9.17) is 0 Å². The van der Waals surface area contributed by atoms with Crippen molar-refractivity contribution in [2.45, 2.75) is 96.6 Å². The van der Waals surface area contributed by atoms with Gasteiger partial charge in [0.05, 0.1) is 0 Å². The SMILES string of the molecule is CCCCC1C2CCCCC2N(C(C)=O)C2CCCCC12. The zero-order chi connectivity index (χ0) is 14.8. The number of unbranched alkanes of at least 4 members (excludes halogenated alkanes) is 1. The molecule has 1 aliphatic heterocycles. The van der Waals surface area contributed by atoms with Crippen LogP contribution in [0.15, 0.2) is 0 Å². The van der Waals surface area contributed by atoms with E-state index in [0.717, 1.165) is 17.8 Å². The van der Waals surface area contributed by atoms with Gasteiger partial charge in [-0.3, -0.25) is 4.79 Å². The Labute approximate surface area is 130 Å². The molecule has 1 amide bonds. The van der Waals surface area contributed by atoms with E-state index in [9.17, 15) is 4.79 Å². The molecule has 2 heteroatoms. The number of likely N-dealkylation sites (tertiary alicyclic amines) is 1. The van der Waals surface area contributed by atoms with Gasteiger partial charge in [-0.1, -0.05) is 45.4 Å².